The number of benzene rings is 1. The van der Waals surface area contributed by atoms with Crippen LogP contribution in [0.4, 0.5) is 0 Å². The third-order valence-electron chi connectivity index (χ3n) is 2.74. The van der Waals surface area contributed by atoms with Crippen LogP contribution in [0.1, 0.15) is 44.5 Å². The number of carbonyl (C=O) groups excluding carboxylic acids is 1. The largest absolute Gasteiger partial charge is 0.391 e. The smallest absolute Gasteiger partial charge is 0.252 e. The second-order valence-electron chi connectivity index (χ2n) is 5.66. The van der Waals surface area contributed by atoms with E-state index in [0.717, 1.165) is 4.90 Å². The minimum atomic E-state index is -0.483. The zero-order valence-corrected chi connectivity index (χ0v) is 13.5. The van der Waals surface area contributed by atoms with Crippen LogP contribution >= 0.6 is 11.8 Å². The van der Waals surface area contributed by atoms with Gasteiger partial charge in [-0.25, -0.2) is 0 Å². The molecule has 0 saturated carbocycles. The van der Waals surface area contributed by atoms with Crippen LogP contribution < -0.4 is 5.32 Å². The zero-order valence-electron chi connectivity index (χ0n) is 12.7. The first-order chi connectivity index (χ1) is 9.40. The maximum atomic E-state index is 12.2. The van der Waals surface area contributed by atoms with Gasteiger partial charge in [-0.15, -0.1) is 11.8 Å². The van der Waals surface area contributed by atoms with Crippen molar-refractivity contribution in [2.45, 2.75) is 50.4 Å². The predicted molar refractivity (Wildman–Crippen MR) is 85.2 cm³/mol. The van der Waals surface area contributed by atoms with Gasteiger partial charge >= 0.3 is 0 Å². The Kier molecular flexibility index (Phi) is 7.10. The zero-order chi connectivity index (χ0) is 15.1. The van der Waals surface area contributed by atoms with E-state index in [1.54, 1.807) is 11.8 Å². The van der Waals surface area contributed by atoms with Gasteiger partial charge in [-0.1, -0.05) is 39.8 Å². The number of amides is 1. The maximum absolute atomic E-state index is 12.2. The summed E-state index contributed by atoms with van der Waals surface area (Å²) in [6.07, 6.45) is 0.215. The molecule has 0 aliphatic carbocycles. The van der Waals surface area contributed by atoms with Crippen LogP contribution in [0, 0.1) is 5.92 Å². The lowest BCUT2D eigenvalue weighted by Gasteiger charge is -2.15. The summed E-state index contributed by atoms with van der Waals surface area (Å²) in [4.78, 5) is 13.2. The Hall–Kier alpha value is -1.00. The molecule has 1 unspecified atom stereocenters. The maximum Gasteiger partial charge on any atom is 0.252 e. The highest BCUT2D eigenvalue weighted by atomic mass is 32.2. The van der Waals surface area contributed by atoms with Crippen LogP contribution in [0.5, 0.6) is 0 Å². The van der Waals surface area contributed by atoms with E-state index in [2.05, 4.69) is 33.0 Å². The minimum absolute atomic E-state index is 0.114. The summed E-state index contributed by atoms with van der Waals surface area (Å²) in [5, 5.41) is 13.1. The summed E-state index contributed by atoms with van der Waals surface area (Å²) in [5.41, 5.74) is 0.683. The Morgan fingerprint density at radius 3 is 2.50 bits per heavy atom. The van der Waals surface area contributed by atoms with Gasteiger partial charge in [0.05, 0.1) is 11.7 Å². The summed E-state index contributed by atoms with van der Waals surface area (Å²) in [5.74, 6) is 0.308. The molecule has 1 amide bonds. The van der Waals surface area contributed by atoms with E-state index in [9.17, 15) is 9.90 Å². The molecule has 20 heavy (non-hydrogen) atoms. The number of hydrogen-bond acceptors (Lipinski definition) is 3. The molecule has 0 aromatic heterocycles. The van der Waals surface area contributed by atoms with Gasteiger partial charge in [-0.3, -0.25) is 4.79 Å². The van der Waals surface area contributed by atoms with Crippen molar-refractivity contribution in [2.75, 3.05) is 6.54 Å². The van der Waals surface area contributed by atoms with Gasteiger partial charge in [0.2, 0.25) is 0 Å². The molecule has 0 aliphatic rings. The van der Waals surface area contributed by atoms with Crippen molar-refractivity contribution in [1.82, 2.24) is 5.32 Å². The first kappa shape index (κ1) is 17.1. The Labute approximate surface area is 126 Å². The monoisotopic (exact) mass is 295 g/mol. The average molecular weight is 295 g/mol. The lowest BCUT2D eigenvalue weighted by Crippen LogP contribution is -2.33. The molecule has 0 aliphatic heterocycles. The molecule has 2 N–H and O–H groups in total. The number of nitrogens with one attached hydrogen (secondary N) is 1. The molecule has 1 aromatic carbocycles. The van der Waals surface area contributed by atoms with Crippen LogP contribution in [-0.2, 0) is 0 Å². The molecule has 0 spiro atoms. The van der Waals surface area contributed by atoms with Gasteiger partial charge < -0.3 is 10.4 Å². The van der Waals surface area contributed by atoms with Crippen molar-refractivity contribution in [3.63, 3.8) is 0 Å². The van der Waals surface area contributed by atoms with Crippen molar-refractivity contribution in [3.05, 3.63) is 29.8 Å². The molecule has 3 nitrogen and oxygen atoms in total. The molecule has 1 aromatic rings. The van der Waals surface area contributed by atoms with E-state index < -0.39 is 6.10 Å². The molecular formula is C16H25NO2S. The molecule has 1 rings (SSSR count). The average Bonchev–Trinajstić information content (AvgIpc) is 2.35. The fourth-order valence-electron chi connectivity index (χ4n) is 1.94. The number of hydrogen-bond donors (Lipinski definition) is 2. The van der Waals surface area contributed by atoms with Crippen LogP contribution in [0.2, 0.25) is 0 Å². The van der Waals surface area contributed by atoms with E-state index >= 15 is 0 Å². The minimum Gasteiger partial charge on any atom is -0.391 e. The van der Waals surface area contributed by atoms with Crippen LogP contribution in [-0.4, -0.2) is 28.9 Å². The Morgan fingerprint density at radius 1 is 1.25 bits per heavy atom. The third kappa shape index (κ3) is 5.97. The van der Waals surface area contributed by atoms with Gasteiger partial charge in [-0.05, 0) is 24.5 Å². The fraction of sp³-hybridized carbons (Fsp3) is 0.562. The van der Waals surface area contributed by atoms with Crippen LogP contribution in [0.3, 0.4) is 0 Å². The van der Waals surface area contributed by atoms with Crippen LogP contribution in [0.15, 0.2) is 29.2 Å². The third-order valence-corrected chi connectivity index (χ3v) is 3.82. The van der Waals surface area contributed by atoms with E-state index in [4.69, 9.17) is 0 Å². The summed E-state index contributed by atoms with van der Waals surface area (Å²) in [6.45, 7) is 8.62. The van der Waals surface area contributed by atoms with E-state index in [-0.39, 0.29) is 5.91 Å². The molecule has 4 heteroatoms. The molecule has 0 radical (unpaired) electrons. The SMILES string of the molecule is CC(C)CC(O)CNC(=O)c1ccccc1SC(C)C. The summed E-state index contributed by atoms with van der Waals surface area (Å²) < 4.78 is 0. The quantitative estimate of drug-likeness (QED) is 0.759. The molecular weight excluding hydrogens is 270 g/mol. The summed E-state index contributed by atoms with van der Waals surface area (Å²) in [6, 6.07) is 7.60. The lowest BCUT2D eigenvalue weighted by atomic mass is 10.1. The molecule has 112 valence electrons. The van der Waals surface area contributed by atoms with Gasteiger partial charge in [0.15, 0.2) is 0 Å². The fourth-order valence-corrected chi connectivity index (χ4v) is 2.90. The lowest BCUT2D eigenvalue weighted by molar-refractivity contribution is 0.0897. The highest BCUT2D eigenvalue weighted by Gasteiger charge is 2.14. The predicted octanol–water partition coefficient (Wildman–Crippen LogP) is 3.32. The van der Waals surface area contributed by atoms with Crippen LogP contribution in [0.25, 0.3) is 0 Å². The standard InChI is InChI=1S/C16H25NO2S/c1-11(2)9-13(18)10-17-16(19)14-7-5-6-8-15(14)20-12(3)4/h5-8,11-13,18H,9-10H2,1-4H3,(H,17,19). The van der Waals surface area contributed by atoms with Gasteiger partial charge in [0.1, 0.15) is 0 Å². The van der Waals surface area contributed by atoms with Gasteiger partial charge in [-0.2, -0.15) is 0 Å². The normalized spacial score (nSPS) is 12.8. The Balaban J connectivity index is 2.63. The van der Waals surface area contributed by atoms with E-state index in [1.165, 1.54) is 0 Å². The molecule has 0 heterocycles. The highest BCUT2D eigenvalue weighted by Crippen LogP contribution is 2.26. The molecule has 1 atom stereocenters. The number of aliphatic hydroxyl groups excluding tert-OH is 1. The van der Waals surface area contributed by atoms with E-state index in [1.807, 2.05) is 24.3 Å². The van der Waals surface area contributed by atoms with Crippen molar-refractivity contribution < 1.29 is 9.90 Å². The molecule has 0 bridgehead atoms. The summed E-state index contributed by atoms with van der Waals surface area (Å²) in [7, 11) is 0. The first-order valence-corrected chi connectivity index (χ1v) is 8.00. The topological polar surface area (TPSA) is 49.3 Å². The molecule has 0 fully saturated rings. The van der Waals surface area contributed by atoms with Crippen molar-refractivity contribution in [2.24, 2.45) is 5.92 Å². The van der Waals surface area contributed by atoms with Gasteiger partial charge in [0, 0.05) is 16.7 Å². The van der Waals surface area contributed by atoms with Crippen molar-refractivity contribution in [1.29, 1.82) is 0 Å². The number of carbonyl (C=O) groups is 1. The van der Waals surface area contributed by atoms with Gasteiger partial charge in [0.25, 0.3) is 5.91 Å². The Bertz CT molecular complexity index is 432. The summed E-state index contributed by atoms with van der Waals surface area (Å²) >= 11 is 1.67. The van der Waals surface area contributed by atoms with E-state index in [0.29, 0.717) is 29.7 Å². The first-order valence-electron chi connectivity index (χ1n) is 7.12. The number of thioether (sulfide) groups is 1. The highest BCUT2D eigenvalue weighted by molar-refractivity contribution is 8.00. The van der Waals surface area contributed by atoms with Crippen molar-refractivity contribution >= 4 is 17.7 Å². The number of rotatable bonds is 7. The second-order valence-corrected chi connectivity index (χ2v) is 7.27. The Morgan fingerprint density at radius 2 is 1.90 bits per heavy atom. The van der Waals surface area contributed by atoms with Crippen molar-refractivity contribution in [3.8, 4) is 0 Å². The molecule has 0 saturated heterocycles. The number of aliphatic hydroxyl groups is 1. The second kappa shape index (κ2) is 8.32.